The number of methoxy groups -OCH3 is 2. The van der Waals surface area contributed by atoms with Crippen LogP contribution in [0.15, 0.2) is 42.7 Å². The number of hydrogen-bond acceptors (Lipinski definition) is 5. The van der Waals surface area contributed by atoms with Gasteiger partial charge in [0.25, 0.3) is 5.91 Å². The number of nitrogens with zero attached hydrogens (tertiary/aromatic N) is 2. The van der Waals surface area contributed by atoms with Gasteiger partial charge in [-0.2, -0.15) is 0 Å². The van der Waals surface area contributed by atoms with E-state index in [1.807, 2.05) is 23.1 Å². The number of amides is 1. The molecule has 172 valence electrons. The highest BCUT2D eigenvalue weighted by atomic mass is 32.1. The predicted octanol–water partition coefficient (Wildman–Crippen LogP) is 4.11. The van der Waals surface area contributed by atoms with E-state index in [1.54, 1.807) is 38.7 Å². The summed E-state index contributed by atoms with van der Waals surface area (Å²) >= 11 is 5.32. The summed E-state index contributed by atoms with van der Waals surface area (Å²) in [4.78, 5) is 19.1. The van der Waals surface area contributed by atoms with E-state index in [-0.39, 0.29) is 5.91 Å². The van der Waals surface area contributed by atoms with Gasteiger partial charge < -0.3 is 25.0 Å². The van der Waals surface area contributed by atoms with Gasteiger partial charge in [0, 0.05) is 25.8 Å². The first-order valence-corrected chi connectivity index (χ1v) is 11.5. The Labute approximate surface area is 195 Å². The lowest BCUT2D eigenvalue weighted by molar-refractivity contribution is 0.0679. The molecule has 0 atom stereocenters. The van der Waals surface area contributed by atoms with Crippen molar-refractivity contribution < 1.29 is 14.3 Å². The number of pyridine rings is 1. The van der Waals surface area contributed by atoms with Crippen LogP contribution in [0.1, 0.15) is 42.5 Å². The molecule has 1 aromatic heterocycles. The van der Waals surface area contributed by atoms with Crippen molar-refractivity contribution in [3.63, 3.8) is 0 Å². The Morgan fingerprint density at radius 3 is 2.47 bits per heavy atom. The Hall–Kier alpha value is -2.87. The fraction of sp³-hybridized carbons (Fsp3) is 0.458. The number of benzene rings is 1. The van der Waals surface area contributed by atoms with Crippen LogP contribution < -0.4 is 20.1 Å². The maximum atomic E-state index is 13.1. The van der Waals surface area contributed by atoms with E-state index in [1.165, 1.54) is 6.42 Å². The van der Waals surface area contributed by atoms with Gasteiger partial charge >= 0.3 is 0 Å². The highest BCUT2D eigenvalue weighted by Crippen LogP contribution is 2.31. The largest absolute Gasteiger partial charge is 0.496 e. The number of likely N-dealkylation sites (tertiary alicyclic amines) is 1. The number of anilines is 1. The van der Waals surface area contributed by atoms with Crippen molar-refractivity contribution in [1.29, 1.82) is 0 Å². The van der Waals surface area contributed by atoms with Crippen LogP contribution in [0.4, 0.5) is 5.69 Å². The average Bonchev–Trinajstić information content (AvgIpc) is 2.83. The summed E-state index contributed by atoms with van der Waals surface area (Å²) in [6, 6.07) is 9.23. The summed E-state index contributed by atoms with van der Waals surface area (Å²) in [6.07, 6.45) is 8.90. The van der Waals surface area contributed by atoms with E-state index >= 15 is 0 Å². The minimum absolute atomic E-state index is 0.0171. The molecule has 0 bridgehead atoms. The quantitative estimate of drug-likeness (QED) is 0.434. The maximum absolute atomic E-state index is 13.1. The second kappa shape index (κ2) is 12.2. The number of carbonyl (C=O) groups excluding carboxylic acids is 1. The summed E-state index contributed by atoms with van der Waals surface area (Å²) < 4.78 is 10.8. The van der Waals surface area contributed by atoms with Gasteiger partial charge in [-0.3, -0.25) is 9.78 Å². The lowest BCUT2D eigenvalue weighted by atomic mass is 9.91. The number of ether oxygens (including phenoxy) is 2. The van der Waals surface area contributed by atoms with E-state index in [9.17, 15) is 4.79 Å². The molecule has 2 heterocycles. The number of thiocarbonyl (C=S) groups is 1. The number of rotatable bonds is 9. The monoisotopic (exact) mass is 456 g/mol. The molecular weight excluding hydrogens is 424 g/mol. The maximum Gasteiger partial charge on any atom is 0.261 e. The Balaban J connectivity index is 1.36. The molecule has 32 heavy (non-hydrogen) atoms. The molecule has 1 saturated heterocycles. The third-order valence-electron chi connectivity index (χ3n) is 5.79. The van der Waals surface area contributed by atoms with Crippen LogP contribution in [0.3, 0.4) is 0 Å². The first-order chi connectivity index (χ1) is 15.6. The van der Waals surface area contributed by atoms with Crippen molar-refractivity contribution >= 4 is 28.9 Å². The Morgan fingerprint density at radius 2 is 1.84 bits per heavy atom. The van der Waals surface area contributed by atoms with E-state index in [0.29, 0.717) is 28.1 Å². The molecule has 1 fully saturated rings. The fourth-order valence-electron chi connectivity index (χ4n) is 4.02. The summed E-state index contributed by atoms with van der Waals surface area (Å²) in [7, 11) is 3.16. The Bertz CT molecular complexity index is 864. The van der Waals surface area contributed by atoms with Crippen LogP contribution in [-0.4, -0.2) is 54.8 Å². The molecule has 7 nitrogen and oxygen atoms in total. The number of aromatic nitrogens is 1. The van der Waals surface area contributed by atoms with Gasteiger partial charge in [0.1, 0.15) is 17.1 Å². The SMILES string of the molecule is COc1cccc(OC)c1C(=O)N1CCC(CCCCNC(=S)Nc2cccnc2)CC1. The number of unbranched alkanes of at least 4 members (excludes halogenated alkanes) is 1. The van der Waals surface area contributed by atoms with Crippen molar-refractivity contribution in [2.24, 2.45) is 5.92 Å². The van der Waals surface area contributed by atoms with Crippen LogP contribution in [0, 0.1) is 5.92 Å². The van der Waals surface area contributed by atoms with Crippen molar-refractivity contribution in [2.75, 3.05) is 39.2 Å². The van der Waals surface area contributed by atoms with Crippen molar-refractivity contribution in [3.05, 3.63) is 48.3 Å². The first kappa shape index (κ1) is 23.8. The summed E-state index contributed by atoms with van der Waals surface area (Å²) in [5, 5.41) is 7.00. The van der Waals surface area contributed by atoms with Gasteiger partial charge in [-0.05, 0) is 61.7 Å². The number of carbonyl (C=O) groups is 1. The lowest BCUT2D eigenvalue weighted by Crippen LogP contribution is -2.38. The van der Waals surface area contributed by atoms with Crippen LogP contribution in [0.25, 0.3) is 0 Å². The van der Waals surface area contributed by atoms with Crippen molar-refractivity contribution in [2.45, 2.75) is 32.1 Å². The second-order valence-corrected chi connectivity index (χ2v) is 8.30. The van der Waals surface area contributed by atoms with Gasteiger partial charge in [-0.15, -0.1) is 0 Å². The zero-order valence-electron chi connectivity index (χ0n) is 18.8. The normalized spacial score (nSPS) is 14.0. The highest BCUT2D eigenvalue weighted by molar-refractivity contribution is 7.80. The molecule has 1 aliphatic rings. The van der Waals surface area contributed by atoms with Crippen LogP contribution in [0.2, 0.25) is 0 Å². The van der Waals surface area contributed by atoms with E-state index in [2.05, 4.69) is 15.6 Å². The molecule has 0 spiro atoms. The number of piperidine rings is 1. The molecule has 1 amide bonds. The van der Waals surface area contributed by atoms with Crippen LogP contribution in [0.5, 0.6) is 11.5 Å². The minimum atomic E-state index is -0.0171. The topological polar surface area (TPSA) is 75.7 Å². The Kier molecular flexibility index (Phi) is 9.10. The van der Waals surface area contributed by atoms with Crippen molar-refractivity contribution in [1.82, 2.24) is 15.2 Å². The first-order valence-electron chi connectivity index (χ1n) is 11.1. The molecule has 0 unspecified atom stereocenters. The van der Waals surface area contributed by atoms with Crippen LogP contribution >= 0.6 is 12.2 Å². The molecule has 0 radical (unpaired) electrons. The molecule has 2 aromatic rings. The molecule has 2 N–H and O–H groups in total. The van der Waals surface area contributed by atoms with Gasteiger partial charge in [0.15, 0.2) is 5.11 Å². The lowest BCUT2D eigenvalue weighted by Gasteiger charge is -2.32. The number of nitrogens with one attached hydrogen (secondary N) is 2. The molecule has 3 rings (SSSR count). The second-order valence-electron chi connectivity index (χ2n) is 7.89. The van der Waals surface area contributed by atoms with Crippen LogP contribution in [-0.2, 0) is 0 Å². The zero-order chi connectivity index (χ0) is 22.8. The zero-order valence-corrected chi connectivity index (χ0v) is 19.6. The summed E-state index contributed by atoms with van der Waals surface area (Å²) in [5.41, 5.74) is 1.40. The van der Waals surface area contributed by atoms with Gasteiger partial charge in [0.05, 0.1) is 26.1 Å². The van der Waals surface area contributed by atoms with Gasteiger partial charge in [-0.25, -0.2) is 0 Å². The van der Waals surface area contributed by atoms with E-state index in [4.69, 9.17) is 21.7 Å². The summed E-state index contributed by atoms with van der Waals surface area (Å²) in [6.45, 7) is 2.38. The van der Waals surface area contributed by atoms with E-state index in [0.717, 1.165) is 51.0 Å². The number of hydrogen-bond donors (Lipinski definition) is 2. The molecule has 8 heteroatoms. The minimum Gasteiger partial charge on any atom is -0.496 e. The standard InChI is InChI=1S/C24H32N4O3S/c1-30-20-9-5-10-21(31-2)22(20)23(29)28-15-11-18(12-16-28)7-3-4-14-26-24(32)27-19-8-6-13-25-17-19/h5-6,8-10,13,17-18H,3-4,7,11-12,14-16H2,1-2H3,(H2,26,27,32). The Morgan fingerprint density at radius 1 is 1.12 bits per heavy atom. The third-order valence-corrected chi connectivity index (χ3v) is 6.03. The van der Waals surface area contributed by atoms with Gasteiger partial charge in [0.2, 0.25) is 0 Å². The van der Waals surface area contributed by atoms with E-state index < -0.39 is 0 Å². The van der Waals surface area contributed by atoms with Gasteiger partial charge in [-0.1, -0.05) is 18.9 Å². The molecule has 1 aromatic carbocycles. The highest BCUT2D eigenvalue weighted by Gasteiger charge is 2.27. The average molecular weight is 457 g/mol. The molecular formula is C24H32N4O3S. The smallest absolute Gasteiger partial charge is 0.261 e. The molecule has 0 saturated carbocycles. The summed E-state index contributed by atoms with van der Waals surface area (Å²) in [5.74, 6) is 1.75. The van der Waals surface area contributed by atoms with Crippen molar-refractivity contribution in [3.8, 4) is 11.5 Å². The predicted molar refractivity (Wildman–Crippen MR) is 130 cm³/mol. The fourth-order valence-corrected chi connectivity index (χ4v) is 4.24. The molecule has 0 aliphatic carbocycles. The third kappa shape index (κ3) is 6.56. The molecule has 1 aliphatic heterocycles.